The van der Waals surface area contributed by atoms with Crippen molar-refractivity contribution in [1.29, 1.82) is 0 Å². The van der Waals surface area contributed by atoms with Gasteiger partial charge in [-0.25, -0.2) is 9.98 Å². The van der Waals surface area contributed by atoms with E-state index in [0.717, 1.165) is 11.4 Å². The molecule has 0 bridgehead atoms. The second-order valence-electron chi connectivity index (χ2n) is 5.65. The maximum absolute atomic E-state index is 11.7. The SMILES string of the molecule is C=C(C)CNC(=NCC(=O)N(C)C)N(C)Cc1ncc(Cl)n1C.I. The Hall–Kier alpha value is -1.29. The van der Waals surface area contributed by atoms with Gasteiger partial charge in [-0.2, -0.15) is 0 Å². The Morgan fingerprint density at radius 2 is 2.08 bits per heavy atom. The van der Waals surface area contributed by atoms with Crippen LogP contribution in [0.25, 0.3) is 0 Å². The molecular weight excluding hydrogens is 443 g/mol. The zero-order valence-corrected chi connectivity index (χ0v) is 17.9. The van der Waals surface area contributed by atoms with Crippen molar-refractivity contribution in [3.05, 3.63) is 29.3 Å². The van der Waals surface area contributed by atoms with Gasteiger partial charge in [0.25, 0.3) is 0 Å². The molecule has 1 rings (SSSR count). The number of likely N-dealkylation sites (N-methyl/N-ethyl adjacent to an activating group) is 1. The van der Waals surface area contributed by atoms with Gasteiger partial charge < -0.3 is 19.7 Å². The normalized spacial score (nSPS) is 10.8. The molecule has 0 spiro atoms. The van der Waals surface area contributed by atoms with Gasteiger partial charge in [-0.1, -0.05) is 23.8 Å². The van der Waals surface area contributed by atoms with Gasteiger partial charge in [-0.05, 0) is 6.92 Å². The molecule has 24 heavy (non-hydrogen) atoms. The second-order valence-corrected chi connectivity index (χ2v) is 6.04. The summed E-state index contributed by atoms with van der Waals surface area (Å²) in [5.41, 5.74) is 0.977. The zero-order valence-electron chi connectivity index (χ0n) is 14.8. The van der Waals surface area contributed by atoms with Crippen LogP contribution in [-0.2, 0) is 18.4 Å². The van der Waals surface area contributed by atoms with Crippen molar-refractivity contribution in [1.82, 2.24) is 24.7 Å². The first-order chi connectivity index (χ1) is 10.7. The van der Waals surface area contributed by atoms with Crippen molar-refractivity contribution in [3.8, 4) is 0 Å². The molecule has 7 nitrogen and oxygen atoms in total. The number of nitrogens with zero attached hydrogens (tertiary/aromatic N) is 5. The van der Waals surface area contributed by atoms with Gasteiger partial charge in [0.2, 0.25) is 5.91 Å². The van der Waals surface area contributed by atoms with Crippen molar-refractivity contribution in [3.63, 3.8) is 0 Å². The van der Waals surface area contributed by atoms with Gasteiger partial charge in [0, 0.05) is 34.7 Å². The lowest BCUT2D eigenvalue weighted by atomic mass is 10.3. The van der Waals surface area contributed by atoms with E-state index in [2.05, 4.69) is 21.9 Å². The lowest BCUT2D eigenvalue weighted by Crippen LogP contribution is -2.40. The standard InChI is InChI=1S/C15H25ClN6O.HI/c1-11(2)7-18-15(19-9-14(23)20(3)4)21(5)10-13-17-8-12(16)22(13)6;/h8H,1,7,9-10H2,2-6H3,(H,18,19);1H. The molecule has 0 radical (unpaired) electrons. The van der Waals surface area contributed by atoms with Crippen molar-refractivity contribution in [2.24, 2.45) is 12.0 Å². The fraction of sp³-hybridized carbons (Fsp3) is 0.533. The van der Waals surface area contributed by atoms with E-state index in [4.69, 9.17) is 11.6 Å². The molecule has 1 aromatic heterocycles. The Labute approximate surface area is 165 Å². The third kappa shape index (κ3) is 7.08. The summed E-state index contributed by atoms with van der Waals surface area (Å²) in [4.78, 5) is 23.8. The van der Waals surface area contributed by atoms with Crippen LogP contribution in [0.3, 0.4) is 0 Å². The van der Waals surface area contributed by atoms with Crippen molar-refractivity contribution in [2.75, 3.05) is 34.2 Å². The summed E-state index contributed by atoms with van der Waals surface area (Å²) in [7, 11) is 7.15. The highest BCUT2D eigenvalue weighted by molar-refractivity contribution is 14.0. The van der Waals surface area contributed by atoms with E-state index in [1.807, 2.05) is 25.9 Å². The van der Waals surface area contributed by atoms with E-state index < -0.39 is 0 Å². The molecule has 0 saturated heterocycles. The first-order valence-electron chi connectivity index (χ1n) is 7.22. The number of guanidine groups is 1. The van der Waals surface area contributed by atoms with Gasteiger partial charge in [0.05, 0.1) is 12.7 Å². The van der Waals surface area contributed by atoms with E-state index in [1.165, 1.54) is 4.90 Å². The summed E-state index contributed by atoms with van der Waals surface area (Å²) in [5.74, 6) is 1.36. The minimum Gasteiger partial charge on any atom is -0.352 e. The number of nitrogens with one attached hydrogen (secondary N) is 1. The molecule has 0 aliphatic heterocycles. The molecule has 1 aromatic rings. The van der Waals surface area contributed by atoms with E-state index in [-0.39, 0.29) is 36.4 Å². The zero-order chi connectivity index (χ0) is 17.6. The van der Waals surface area contributed by atoms with Gasteiger partial charge >= 0.3 is 0 Å². The fourth-order valence-corrected chi connectivity index (χ4v) is 1.83. The molecule has 0 unspecified atom stereocenters. The molecule has 136 valence electrons. The monoisotopic (exact) mass is 468 g/mol. The predicted molar refractivity (Wildman–Crippen MR) is 109 cm³/mol. The summed E-state index contributed by atoms with van der Waals surface area (Å²) in [6.07, 6.45) is 1.61. The van der Waals surface area contributed by atoms with Crippen LogP contribution in [0.5, 0.6) is 0 Å². The minimum absolute atomic E-state index is 0. The van der Waals surface area contributed by atoms with Crippen LogP contribution in [0, 0.1) is 0 Å². The molecule has 0 aliphatic carbocycles. The van der Waals surface area contributed by atoms with Crippen LogP contribution in [0.1, 0.15) is 12.7 Å². The van der Waals surface area contributed by atoms with E-state index >= 15 is 0 Å². The first-order valence-corrected chi connectivity index (χ1v) is 7.60. The summed E-state index contributed by atoms with van der Waals surface area (Å²) in [5, 5.41) is 3.77. The Balaban J connectivity index is 0.00000529. The maximum Gasteiger partial charge on any atom is 0.243 e. The van der Waals surface area contributed by atoms with Crippen LogP contribution < -0.4 is 5.32 Å². The fourth-order valence-electron chi connectivity index (χ4n) is 1.68. The van der Waals surface area contributed by atoms with Crippen LogP contribution in [0.15, 0.2) is 23.3 Å². The van der Waals surface area contributed by atoms with Crippen LogP contribution in [0.2, 0.25) is 5.15 Å². The number of halogens is 2. The third-order valence-electron chi connectivity index (χ3n) is 3.18. The Bertz CT molecular complexity index is 599. The number of imidazole rings is 1. The Morgan fingerprint density at radius 1 is 1.46 bits per heavy atom. The van der Waals surface area contributed by atoms with E-state index in [1.54, 1.807) is 24.9 Å². The van der Waals surface area contributed by atoms with Crippen molar-refractivity contribution >= 4 is 47.4 Å². The molecule has 0 fully saturated rings. The minimum atomic E-state index is -0.0620. The molecule has 0 aromatic carbocycles. The second kappa shape index (κ2) is 10.5. The van der Waals surface area contributed by atoms with Gasteiger partial charge in [-0.15, -0.1) is 24.0 Å². The summed E-state index contributed by atoms with van der Waals surface area (Å²) in [6, 6.07) is 0. The maximum atomic E-state index is 11.7. The van der Waals surface area contributed by atoms with E-state index in [0.29, 0.717) is 24.2 Å². The van der Waals surface area contributed by atoms with Crippen LogP contribution in [0.4, 0.5) is 0 Å². The molecular formula is C15H26ClIN6O. The lowest BCUT2D eigenvalue weighted by molar-refractivity contribution is -0.127. The number of carbonyl (C=O) groups is 1. The Kier molecular flexibility index (Phi) is 9.98. The third-order valence-corrected chi connectivity index (χ3v) is 3.53. The van der Waals surface area contributed by atoms with Crippen LogP contribution in [-0.4, -0.2) is 65.5 Å². The highest BCUT2D eigenvalue weighted by Crippen LogP contribution is 2.10. The average molecular weight is 469 g/mol. The molecule has 0 aliphatic rings. The molecule has 1 N–H and O–H groups in total. The number of hydrogen-bond acceptors (Lipinski definition) is 3. The van der Waals surface area contributed by atoms with Gasteiger partial charge in [-0.3, -0.25) is 4.79 Å². The number of carbonyl (C=O) groups excluding carboxylic acids is 1. The topological polar surface area (TPSA) is 65.8 Å². The molecule has 0 atom stereocenters. The van der Waals surface area contributed by atoms with Gasteiger partial charge in [0.1, 0.15) is 17.5 Å². The quantitative estimate of drug-likeness (QED) is 0.299. The number of rotatable bonds is 6. The average Bonchev–Trinajstić information content (AvgIpc) is 2.78. The van der Waals surface area contributed by atoms with Crippen molar-refractivity contribution < 1.29 is 4.79 Å². The molecule has 9 heteroatoms. The predicted octanol–water partition coefficient (Wildman–Crippen LogP) is 1.73. The highest BCUT2D eigenvalue weighted by atomic mass is 127. The summed E-state index contributed by atoms with van der Waals surface area (Å²) in [6.45, 7) is 6.97. The number of aliphatic imine (C=N–C) groups is 1. The van der Waals surface area contributed by atoms with Crippen molar-refractivity contribution in [2.45, 2.75) is 13.5 Å². The Morgan fingerprint density at radius 3 is 2.54 bits per heavy atom. The van der Waals surface area contributed by atoms with Crippen LogP contribution >= 0.6 is 35.6 Å². The van der Waals surface area contributed by atoms with Gasteiger partial charge in [0.15, 0.2) is 5.96 Å². The smallest absolute Gasteiger partial charge is 0.243 e. The number of hydrogen-bond donors (Lipinski definition) is 1. The van der Waals surface area contributed by atoms with E-state index in [9.17, 15) is 4.79 Å². The highest BCUT2D eigenvalue weighted by Gasteiger charge is 2.12. The largest absolute Gasteiger partial charge is 0.352 e. The summed E-state index contributed by atoms with van der Waals surface area (Å²) >= 11 is 6.01. The lowest BCUT2D eigenvalue weighted by Gasteiger charge is -2.22. The molecule has 1 amide bonds. The number of amides is 1. The molecule has 0 saturated carbocycles. The number of aromatic nitrogens is 2. The molecule has 1 heterocycles. The first kappa shape index (κ1) is 22.7. The summed E-state index contributed by atoms with van der Waals surface area (Å²) < 4.78 is 1.80.